The van der Waals surface area contributed by atoms with Gasteiger partial charge in [-0.25, -0.2) is 0 Å². The van der Waals surface area contributed by atoms with Gasteiger partial charge in [0.1, 0.15) is 0 Å². The Balaban J connectivity index is 2.54. The van der Waals surface area contributed by atoms with Crippen LogP contribution in [0.25, 0.3) is 0 Å². The van der Waals surface area contributed by atoms with Crippen molar-refractivity contribution in [3.63, 3.8) is 0 Å². The molecule has 5 heteroatoms. The first-order chi connectivity index (χ1) is 8.91. The Labute approximate surface area is 124 Å². The summed E-state index contributed by atoms with van der Waals surface area (Å²) in [6.07, 6.45) is 2.66. The van der Waals surface area contributed by atoms with E-state index < -0.39 is 0 Å². The van der Waals surface area contributed by atoms with E-state index in [9.17, 15) is 4.79 Å². The topological polar surface area (TPSA) is 55.1 Å². The van der Waals surface area contributed by atoms with E-state index in [-0.39, 0.29) is 17.9 Å². The molecule has 0 saturated heterocycles. The van der Waals surface area contributed by atoms with Gasteiger partial charge in [0.05, 0.1) is 15.7 Å². The number of carbonyl (C=O) groups is 1. The second-order valence-corrected chi connectivity index (χ2v) is 5.71. The molecular weight excluding hydrogens is 283 g/mol. The molecule has 0 spiro atoms. The first kappa shape index (κ1) is 16.3. The average molecular weight is 303 g/mol. The van der Waals surface area contributed by atoms with Crippen LogP contribution in [-0.4, -0.2) is 11.9 Å². The summed E-state index contributed by atoms with van der Waals surface area (Å²) in [6, 6.07) is 5.31. The largest absolute Gasteiger partial charge is 0.328 e. The van der Waals surface area contributed by atoms with Crippen LogP contribution >= 0.6 is 23.2 Å². The van der Waals surface area contributed by atoms with E-state index in [0.29, 0.717) is 15.7 Å². The van der Waals surface area contributed by atoms with Crippen molar-refractivity contribution in [3.8, 4) is 0 Å². The highest BCUT2D eigenvalue weighted by atomic mass is 35.5. The lowest BCUT2D eigenvalue weighted by Gasteiger charge is -2.14. The Hall–Kier alpha value is -0.770. The van der Waals surface area contributed by atoms with E-state index in [0.717, 1.165) is 19.3 Å². The van der Waals surface area contributed by atoms with Crippen LogP contribution in [0.15, 0.2) is 18.2 Å². The predicted molar refractivity (Wildman–Crippen MR) is 81.8 cm³/mol. The Morgan fingerprint density at radius 1 is 1.26 bits per heavy atom. The summed E-state index contributed by atoms with van der Waals surface area (Å²) in [4.78, 5) is 12.0. The molecule has 0 fully saturated rings. The zero-order chi connectivity index (χ0) is 14.4. The average Bonchev–Trinajstić information content (AvgIpc) is 2.33. The lowest BCUT2D eigenvalue weighted by Crippen LogP contribution is -2.22. The van der Waals surface area contributed by atoms with E-state index in [1.165, 1.54) is 0 Å². The molecular formula is C14H20Cl2N2O. The monoisotopic (exact) mass is 302 g/mol. The molecule has 0 aliphatic heterocycles. The highest BCUT2D eigenvalue weighted by Gasteiger charge is 2.15. The van der Waals surface area contributed by atoms with Crippen LogP contribution in [0.2, 0.25) is 10.0 Å². The Morgan fingerprint density at radius 2 is 1.84 bits per heavy atom. The number of anilines is 1. The molecule has 0 heterocycles. The van der Waals surface area contributed by atoms with E-state index in [1.807, 2.05) is 13.8 Å². The van der Waals surface area contributed by atoms with E-state index >= 15 is 0 Å². The zero-order valence-corrected chi connectivity index (χ0v) is 12.8. The number of halogens is 2. The number of benzene rings is 1. The number of amides is 1. The Morgan fingerprint density at radius 3 is 2.37 bits per heavy atom. The SMILES string of the molecule is CC(N)CCCC(C)C(=O)Nc1c(Cl)cccc1Cl. The highest BCUT2D eigenvalue weighted by molar-refractivity contribution is 6.39. The molecule has 1 aromatic rings. The number of nitrogens with two attached hydrogens (primary N) is 1. The molecule has 0 bridgehead atoms. The van der Waals surface area contributed by atoms with Crippen LogP contribution in [0, 0.1) is 5.92 Å². The van der Waals surface area contributed by atoms with Gasteiger partial charge in [-0.15, -0.1) is 0 Å². The van der Waals surface area contributed by atoms with Crippen molar-refractivity contribution < 1.29 is 4.79 Å². The van der Waals surface area contributed by atoms with E-state index in [4.69, 9.17) is 28.9 Å². The summed E-state index contributed by atoms with van der Waals surface area (Å²) in [7, 11) is 0. The van der Waals surface area contributed by atoms with Crippen molar-refractivity contribution in [1.82, 2.24) is 0 Å². The fourth-order valence-electron chi connectivity index (χ4n) is 1.74. The molecule has 0 aliphatic carbocycles. The smallest absolute Gasteiger partial charge is 0.227 e. The molecule has 1 amide bonds. The first-order valence-electron chi connectivity index (χ1n) is 6.42. The van der Waals surface area contributed by atoms with E-state index in [2.05, 4.69) is 5.32 Å². The van der Waals surface area contributed by atoms with E-state index in [1.54, 1.807) is 18.2 Å². The number of para-hydroxylation sites is 1. The summed E-state index contributed by atoms with van der Waals surface area (Å²) in [5.41, 5.74) is 6.16. The van der Waals surface area contributed by atoms with Gasteiger partial charge in [-0.3, -0.25) is 4.79 Å². The van der Waals surface area contributed by atoms with Crippen LogP contribution < -0.4 is 11.1 Å². The van der Waals surface area contributed by atoms with Crippen molar-refractivity contribution in [1.29, 1.82) is 0 Å². The quantitative estimate of drug-likeness (QED) is 0.831. The maximum atomic E-state index is 12.0. The second-order valence-electron chi connectivity index (χ2n) is 4.90. The van der Waals surface area contributed by atoms with Gasteiger partial charge in [0.25, 0.3) is 0 Å². The maximum Gasteiger partial charge on any atom is 0.227 e. The van der Waals surface area contributed by atoms with Gasteiger partial charge in [0.15, 0.2) is 0 Å². The number of rotatable bonds is 6. The van der Waals surface area contributed by atoms with Crippen molar-refractivity contribution in [2.75, 3.05) is 5.32 Å². The normalized spacial score (nSPS) is 13.9. The summed E-state index contributed by atoms with van der Waals surface area (Å²) >= 11 is 12.0. The summed E-state index contributed by atoms with van der Waals surface area (Å²) in [6.45, 7) is 3.86. The molecule has 0 radical (unpaired) electrons. The standard InChI is InChI=1S/C14H20Cl2N2O/c1-9(5-3-6-10(2)17)14(19)18-13-11(15)7-4-8-12(13)16/h4,7-10H,3,5-6,17H2,1-2H3,(H,18,19). The zero-order valence-electron chi connectivity index (χ0n) is 11.2. The minimum absolute atomic E-state index is 0.0697. The number of hydrogen-bond acceptors (Lipinski definition) is 2. The Kier molecular flexibility index (Phi) is 6.63. The third-order valence-electron chi connectivity index (χ3n) is 2.96. The third-order valence-corrected chi connectivity index (χ3v) is 3.59. The van der Waals surface area contributed by atoms with Gasteiger partial charge < -0.3 is 11.1 Å². The molecule has 1 aromatic carbocycles. The van der Waals surface area contributed by atoms with Gasteiger partial charge in [-0.05, 0) is 31.9 Å². The van der Waals surface area contributed by atoms with Gasteiger partial charge in [-0.2, -0.15) is 0 Å². The summed E-state index contributed by atoms with van der Waals surface area (Å²) in [5, 5.41) is 3.68. The Bertz CT molecular complexity index is 415. The number of nitrogens with one attached hydrogen (secondary N) is 1. The first-order valence-corrected chi connectivity index (χ1v) is 7.18. The van der Waals surface area contributed by atoms with Crippen LogP contribution in [0.5, 0.6) is 0 Å². The minimum atomic E-state index is -0.0916. The molecule has 2 unspecified atom stereocenters. The molecule has 3 nitrogen and oxygen atoms in total. The lowest BCUT2D eigenvalue weighted by atomic mass is 10.0. The van der Waals surface area contributed by atoms with Crippen LogP contribution in [-0.2, 0) is 4.79 Å². The van der Waals surface area contributed by atoms with Crippen molar-refractivity contribution in [3.05, 3.63) is 28.2 Å². The molecule has 2 atom stereocenters. The maximum absolute atomic E-state index is 12.0. The molecule has 0 aliphatic rings. The van der Waals surface area contributed by atoms with Crippen LogP contribution in [0.4, 0.5) is 5.69 Å². The molecule has 0 saturated carbocycles. The second kappa shape index (κ2) is 7.73. The van der Waals surface area contributed by atoms with Gasteiger partial charge in [0, 0.05) is 12.0 Å². The van der Waals surface area contributed by atoms with Crippen LogP contribution in [0.3, 0.4) is 0 Å². The van der Waals surface area contributed by atoms with Crippen molar-refractivity contribution >= 4 is 34.8 Å². The predicted octanol–water partition coefficient (Wildman–Crippen LogP) is 4.09. The molecule has 0 aromatic heterocycles. The number of hydrogen-bond donors (Lipinski definition) is 2. The fourth-order valence-corrected chi connectivity index (χ4v) is 2.23. The summed E-state index contributed by atoms with van der Waals surface area (Å²) < 4.78 is 0. The van der Waals surface area contributed by atoms with Gasteiger partial charge >= 0.3 is 0 Å². The molecule has 19 heavy (non-hydrogen) atoms. The lowest BCUT2D eigenvalue weighted by molar-refractivity contribution is -0.119. The van der Waals surface area contributed by atoms with Crippen molar-refractivity contribution in [2.24, 2.45) is 11.7 Å². The number of carbonyl (C=O) groups excluding carboxylic acids is 1. The summed E-state index contributed by atoms with van der Waals surface area (Å²) in [5.74, 6) is -0.161. The van der Waals surface area contributed by atoms with Gasteiger partial charge in [-0.1, -0.05) is 42.6 Å². The van der Waals surface area contributed by atoms with Gasteiger partial charge in [0.2, 0.25) is 5.91 Å². The molecule has 106 valence electrons. The third kappa shape index (κ3) is 5.39. The molecule has 1 rings (SSSR count). The fraction of sp³-hybridized carbons (Fsp3) is 0.500. The highest BCUT2D eigenvalue weighted by Crippen LogP contribution is 2.30. The van der Waals surface area contributed by atoms with Crippen LogP contribution in [0.1, 0.15) is 33.1 Å². The van der Waals surface area contributed by atoms with Crippen molar-refractivity contribution in [2.45, 2.75) is 39.2 Å². The molecule has 3 N–H and O–H groups in total. The minimum Gasteiger partial charge on any atom is -0.328 e.